The number of hydrogen-bond donors (Lipinski definition) is 2. The van der Waals surface area contributed by atoms with E-state index in [1.54, 1.807) is 12.4 Å². The van der Waals surface area contributed by atoms with E-state index in [-0.39, 0.29) is 6.04 Å². The molecule has 1 atom stereocenters. The molecule has 1 unspecified atom stereocenters. The van der Waals surface area contributed by atoms with Gasteiger partial charge in [0.2, 0.25) is 0 Å². The lowest BCUT2D eigenvalue weighted by Crippen LogP contribution is -2.23. The molecule has 0 fully saturated rings. The number of rotatable bonds is 3. The fourth-order valence-corrected chi connectivity index (χ4v) is 1.06. The SMILES string of the molecule is Cc1cncc(CC(N)C=N)c1. The molecule has 3 nitrogen and oxygen atoms in total. The van der Waals surface area contributed by atoms with Crippen LogP contribution >= 0.6 is 0 Å². The topological polar surface area (TPSA) is 62.8 Å². The summed E-state index contributed by atoms with van der Waals surface area (Å²) in [5, 5.41) is 6.94. The second-order valence-electron chi connectivity index (χ2n) is 2.91. The third-order valence-corrected chi connectivity index (χ3v) is 1.62. The van der Waals surface area contributed by atoms with E-state index < -0.39 is 0 Å². The van der Waals surface area contributed by atoms with Crippen molar-refractivity contribution >= 4 is 6.21 Å². The second kappa shape index (κ2) is 3.97. The van der Waals surface area contributed by atoms with E-state index in [0.717, 1.165) is 11.1 Å². The molecule has 0 aliphatic carbocycles. The normalized spacial score (nSPS) is 12.5. The Hall–Kier alpha value is -1.22. The van der Waals surface area contributed by atoms with Crippen molar-refractivity contribution in [1.82, 2.24) is 4.98 Å². The van der Waals surface area contributed by atoms with Gasteiger partial charge in [-0.2, -0.15) is 0 Å². The zero-order chi connectivity index (χ0) is 8.97. The molecule has 0 aliphatic rings. The molecule has 0 radical (unpaired) electrons. The first kappa shape index (κ1) is 8.87. The average molecular weight is 163 g/mol. The third kappa shape index (κ3) is 2.43. The standard InChI is InChI=1S/C9H13N3/c1-7-2-8(6-12-5-7)3-9(11)4-10/h2,4-6,9-10H,3,11H2,1H3. The number of aryl methyl sites for hydroxylation is 1. The summed E-state index contributed by atoms with van der Waals surface area (Å²) in [4.78, 5) is 4.04. The summed E-state index contributed by atoms with van der Waals surface area (Å²) in [6, 6.07) is 1.85. The summed E-state index contributed by atoms with van der Waals surface area (Å²) in [5.74, 6) is 0. The van der Waals surface area contributed by atoms with Crippen LogP contribution in [0.4, 0.5) is 0 Å². The lowest BCUT2D eigenvalue weighted by Gasteiger charge is -2.04. The predicted octanol–water partition coefficient (Wildman–Crippen LogP) is 0.909. The molecule has 0 bridgehead atoms. The lowest BCUT2D eigenvalue weighted by molar-refractivity contribution is 0.853. The first-order valence-electron chi connectivity index (χ1n) is 3.89. The average Bonchev–Trinajstić information content (AvgIpc) is 2.04. The molecule has 1 rings (SSSR count). The second-order valence-corrected chi connectivity index (χ2v) is 2.91. The summed E-state index contributed by atoms with van der Waals surface area (Å²) in [7, 11) is 0. The number of aromatic nitrogens is 1. The van der Waals surface area contributed by atoms with E-state index in [2.05, 4.69) is 4.98 Å². The van der Waals surface area contributed by atoms with Crippen LogP contribution in [-0.4, -0.2) is 17.2 Å². The van der Waals surface area contributed by atoms with Crippen LogP contribution in [0.2, 0.25) is 0 Å². The van der Waals surface area contributed by atoms with Gasteiger partial charge in [0, 0.05) is 24.7 Å². The molecule has 0 saturated heterocycles. The van der Waals surface area contributed by atoms with Gasteiger partial charge < -0.3 is 11.1 Å². The van der Waals surface area contributed by atoms with Gasteiger partial charge >= 0.3 is 0 Å². The van der Waals surface area contributed by atoms with Gasteiger partial charge in [0.25, 0.3) is 0 Å². The van der Waals surface area contributed by atoms with Crippen molar-refractivity contribution in [1.29, 1.82) is 5.41 Å². The first-order chi connectivity index (χ1) is 5.72. The molecule has 0 saturated carbocycles. The van der Waals surface area contributed by atoms with Crippen LogP contribution in [-0.2, 0) is 6.42 Å². The van der Waals surface area contributed by atoms with E-state index >= 15 is 0 Å². The Morgan fingerprint density at radius 2 is 2.42 bits per heavy atom. The molecule has 12 heavy (non-hydrogen) atoms. The van der Waals surface area contributed by atoms with E-state index in [1.165, 1.54) is 6.21 Å². The summed E-state index contributed by atoms with van der Waals surface area (Å²) in [6.07, 6.45) is 5.54. The van der Waals surface area contributed by atoms with Crippen LogP contribution in [0.3, 0.4) is 0 Å². The van der Waals surface area contributed by atoms with Crippen LogP contribution in [0.1, 0.15) is 11.1 Å². The lowest BCUT2D eigenvalue weighted by atomic mass is 10.1. The Balaban J connectivity index is 2.69. The largest absolute Gasteiger partial charge is 0.323 e. The number of nitrogens with zero attached hydrogens (tertiary/aromatic N) is 1. The Kier molecular flexibility index (Phi) is 2.94. The van der Waals surface area contributed by atoms with Crippen molar-refractivity contribution in [2.45, 2.75) is 19.4 Å². The van der Waals surface area contributed by atoms with Crippen molar-refractivity contribution in [3.05, 3.63) is 29.6 Å². The van der Waals surface area contributed by atoms with Crippen molar-refractivity contribution in [2.75, 3.05) is 0 Å². The number of nitrogens with two attached hydrogens (primary N) is 1. The monoisotopic (exact) mass is 163 g/mol. The van der Waals surface area contributed by atoms with E-state index in [4.69, 9.17) is 11.1 Å². The van der Waals surface area contributed by atoms with Crippen LogP contribution in [0, 0.1) is 12.3 Å². The molecular formula is C9H13N3. The van der Waals surface area contributed by atoms with E-state index in [9.17, 15) is 0 Å². The molecule has 0 aromatic carbocycles. The van der Waals surface area contributed by atoms with Gasteiger partial charge in [-0.1, -0.05) is 6.07 Å². The molecule has 1 aromatic rings. The molecule has 3 heteroatoms. The van der Waals surface area contributed by atoms with Crippen molar-refractivity contribution in [3.63, 3.8) is 0 Å². The minimum absolute atomic E-state index is 0.186. The highest BCUT2D eigenvalue weighted by molar-refractivity contribution is 5.60. The van der Waals surface area contributed by atoms with Gasteiger partial charge in [0.1, 0.15) is 0 Å². The minimum Gasteiger partial charge on any atom is -0.323 e. The van der Waals surface area contributed by atoms with E-state index in [0.29, 0.717) is 6.42 Å². The summed E-state index contributed by atoms with van der Waals surface area (Å²) in [6.45, 7) is 1.99. The Labute approximate surface area is 72.1 Å². The number of hydrogen-bond acceptors (Lipinski definition) is 3. The zero-order valence-corrected chi connectivity index (χ0v) is 7.12. The molecule has 1 aromatic heterocycles. The summed E-state index contributed by atoms with van der Waals surface area (Å²) < 4.78 is 0. The maximum Gasteiger partial charge on any atom is 0.0433 e. The molecule has 0 amide bonds. The van der Waals surface area contributed by atoms with Crippen LogP contribution in [0.5, 0.6) is 0 Å². The van der Waals surface area contributed by atoms with Gasteiger partial charge in [-0.3, -0.25) is 4.98 Å². The number of nitrogens with one attached hydrogen (secondary N) is 1. The van der Waals surface area contributed by atoms with Gasteiger partial charge in [-0.25, -0.2) is 0 Å². The summed E-state index contributed by atoms with van der Waals surface area (Å²) >= 11 is 0. The van der Waals surface area contributed by atoms with Gasteiger partial charge in [-0.15, -0.1) is 0 Å². The third-order valence-electron chi connectivity index (χ3n) is 1.62. The molecule has 3 N–H and O–H groups in total. The molecule has 1 heterocycles. The van der Waals surface area contributed by atoms with Gasteiger partial charge in [-0.05, 0) is 24.5 Å². The van der Waals surface area contributed by atoms with Crippen molar-refractivity contribution < 1.29 is 0 Å². The summed E-state index contributed by atoms with van der Waals surface area (Å²) in [5.41, 5.74) is 7.80. The van der Waals surface area contributed by atoms with Crippen LogP contribution in [0.25, 0.3) is 0 Å². The molecule has 0 aliphatic heterocycles. The molecule has 64 valence electrons. The highest BCUT2D eigenvalue weighted by atomic mass is 14.7. The molecular weight excluding hydrogens is 150 g/mol. The first-order valence-corrected chi connectivity index (χ1v) is 3.89. The smallest absolute Gasteiger partial charge is 0.0433 e. The minimum atomic E-state index is -0.186. The van der Waals surface area contributed by atoms with Crippen LogP contribution < -0.4 is 5.73 Å². The Bertz CT molecular complexity index is 270. The zero-order valence-electron chi connectivity index (χ0n) is 7.12. The van der Waals surface area contributed by atoms with E-state index in [1.807, 2.05) is 13.0 Å². The van der Waals surface area contributed by atoms with Gasteiger partial charge in [0.05, 0.1) is 0 Å². The van der Waals surface area contributed by atoms with Crippen molar-refractivity contribution in [3.8, 4) is 0 Å². The van der Waals surface area contributed by atoms with Crippen molar-refractivity contribution in [2.24, 2.45) is 5.73 Å². The predicted molar refractivity (Wildman–Crippen MR) is 49.4 cm³/mol. The molecule has 0 spiro atoms. The fraction of sp³-hybridized carbons (Fsp3) is 0.333. The Morgan fingerprint density at radius 1 is 1.67 bits per heavy atom. The number of pyridine rings is 1. The highest BCUT2D eigenvalue weighted by Gasteiger charge is 1.99. The maximum atomic E-state index is 6.94. The Morgan fingerprint density at radius 3 is 3.00 bits per heavy atom. The quantitative estimate of drug-likeness (QED) is 0.650. The van der Waals surface area contributed by atoms with Crippen LogP contribution in [0.15, 0.2) is 18.5 Å². The fourth-order valence-electron chi connectivity index (χ4n) is 1.06. The highest BCUT2D eigenvalue weighted by Crippen LogP contribution is 2.02. The van der Waals surface area contributed by atoms with Gasteiger partial charge in [0.15, 0.2) is 0 Å². The maximum absolute atomic E-state index is 6.94.